The molecule has 5 atom stereocenters. The maximum absolute atomic E-state index is 11.8. The number of carbonyl (C=O) groups excluding carboxylic acids is 1. The monoisotopic (exact) mass is 350 g/mol. The molecule has 0 amide bonds. The Hall–Kier alpha value is -0.830. The van der Waals surface area contributed by atoms with Crippen LogP contribution in [0, 0.1) is 22.7 Å². The van der Waals surface area contributed by atoms with Crippen molar-refractivity contribution in [2.45, 2.75) is 97.7 Å². The zero-order valence-electron chi connectivity index (χ0n) is 17.2. The van der Waals surface area contributed by atoms with Gasteiger partial charge in [-0.05, 0) is 69.1 Å². The van der Waals surface area contributed by atoms with E-state index >= 15 is 0 Å². The summed E-state index contributed by atoms with van der Waals surface area (Å²) >= 11 is 0. The highest BCUT2D eigenvalue weighted by Gasteiger charge is 2.59. The Morgan fingerprint density at radius 1 is 1.28 bits per heavy atom. The van der Waals surface area contributed by atoms with Crippen molar-refractivity contribution in [3.63, 3.8) is 0 Å². The Bertz CT molecular complexity index is 521. The number of ether oxygens (including phenoxy) is 1. The topological polar surface area (TPSA) is 46.5 Å². The second-order valence-corrected chi connectivity index (χ2v) is 10.00. The lowest BCUT2D eigenvalue weighted by molar-refractivity contribution is -0.200. The summed E-state index contributed by atoms with van der Waals surface area (Å²) in [6.07, 6.45) is 8.84. The first kappa shape index (κ1) is 20.5. The Kier molecular flexibility index (Phi) is 5.50. The van der Waals surface area contributed by atoms with Gasteiger partial charge in [0.1, 0.15) is 5.60 Å². The largest absolute Gasteiger partial charge is 0.459 e. The second kappa shape index (κ2) is 6.72. The van der Waals surface area contributed by atoms with Gasteiger partial charge in [-0.2, -0.15) is 0 Å². The number of carbonyl (C=O) groups is 1. The lowest BCUT2D eigenvalue weighted by atomic mass is 9.45. The molecule has 0 saturated heterocycles. The molecule has 2 aliphatic carbocycles. The van der Waals surface area contributed by atoms with E-state index < -0.39 is 11.2 Å². The molecule has 2 fully saturated rings. The lowest BCUT2D eigenvalue weighted by Gasteiger charge is -2.62. The molecule has 2 aliphatic rings. The fourth-order valence-corrected chi connectivity index (χ4v) is 6.23. The minimum Gasteiger partial charge on any atom is -0.459 e. The molecule has 1 unspecified atom stereocenters. The summed E-state index contributed by atoms with van der Waals surface area (Å²) in [5.74, 6) is 0.699. The Balaban J connectivity index is 2.38. The first-order chi connectivity index (χ1) is 11.4. The molecule has 2 saturated carbocycles. The third-order valence-corrected chi connectivity index (χ3v) is 7.49. The minimum absolute atomic E-state index is 0.140. The average Bonchev–Trinajstić information content (AvgIpc) is 2.44. The SMILES string of the molecule is C=CC(C)(O)CC[C@@H]1[C@@]2(C)CCCC(C)(C)[C@@H]2CC[C@@]1(C)OC(C)=O. The van der Waals surface area contributed by atoms with Crippen molar-refractivity contribution in [1.82, 2.24) is 0 Å². The van der Waals surface area contributed by atoms with E-state index in [0.717, 1.165) is 19.3 Å². The number of esters is 1. The Labute approximate surface area is 154 Å². The predicted molar refractivity (Wildman–Crippen MR) is 102 cm³/mol. The van der Waals surface area contributed by atoms with Crippen LogP contribution in [-0.4, -0.2) is 22.3 Å². The Morgan fingerprint density at radius 2 is 1.92 bits per heavy atom. The van der Waals surface area contributed by atoms with Gasteiger partial charge in [0.05, 0.1) is 5.60 Å². The highest BCUT2D eigenvalue weighted by molar-refractivity contribution is 5.66. The molecule has 0 aromatic rings. The zero-order valence-corrected chi connectivity index (χ0v) is 17.2. The van der Waals surface area contributed by atoms with Crippen LogP contribution in [0.4, 0.5) is 0 Å². The van der Waals surface area contributed by atoms with E-state index in [1.165, 1.54) is 26.2 Å². The maximum Gasteiger partial charge on any atom is 0.303 e. The number of hydrogen-bond acceptors (Lipinski definition) is 3. The Morgan fingerprint density at radius 3 is 2.48 bits per heavy atom. The van der Waals surface area contributed by atoms with Gasteiger partial charge in [0.2, 0.25) is 0 Å². The normalized spacial score (nSPS) is 39.8. The van der Waals surface area contributed by atoms with Gasteiger partial charge in [-0.1, -0.05) is 33.3 Å². The van der Waals surface area contributed by atoms with Crippen molar-refractivity contribution in [3.05, 3.63) is 12.7 Å². The first-order valence-corrected chi connectivity index (χ1v) is 9.92. The van der Waals surface area contributed by atoms with Gasteiger partial charge in [-0.25, -0.2) is 0 Å². The number of fused-ring (bicyclic) bond motifs is 1. The summed E-state index contributed by atoms with van der Waals surface area (Å²) in [5.41, 5.74) is -0.850. The molecule has 0 radical (unpaired) electrons. The molecule has 0 aliphatic heterocycles. The molecular formula is C22H38O3. The van der Waals surface area contributed by atoms with Gasteiger partial charge in [0.15, 0.2) is 0 Å². The van der Waals surface area contributed by atoms with Gasteiger partial charge in [0, 0.05) is 12.8 Å². The molecule has 3 nitrogen and oxygen atoms in total. The van der Waals surface area contributed by atoms with Crippen LogP contribution in [0.1, 0.15) is 86.5 Å². The van der Waals surface area contributed by atoms with Gasteiger partial charge >= 0.3 is 5.97 Å². The lowest BCUT2D eigenvalue weighted by Crippen LogP contribution is -2.59. The fraction of sp³-hybridized carbons (Fsp3) is 0.864. The van der Waals surface area contributed by atoms with Crippen molar-refractivity contribution < 1.29 is 14.6 Å². The molecule has 0 bridgehead atoms. The molecular weight excluding hydrogens is 312 g/mol. The van der Waals surface area contributed by atoms with Gasteiger partial charge in [0.25, 0.3) is 0 Å². The molecule has 3 heteroatoms. The fourth-order valence-electron chi connectivity index (χ4n) is 6.23. The number of aliphatic hydroxyl groups is 1. The van der Waals surface area contributed by atoms with Crippen molar-refractivity contribution in [1.29, 1.82) is 0 Å². The van der Waals surface area contributed by atoms with E-state index in [1.807, 2.05) is 6.92 Å². The van der Waals surface area contributed by atoms with E-state index in [1.54, 1.807) is 6.08 Å². The van der Waals surface area contributed by atoms with Crippen LogP contribution in [-0.2, 0) is 9.53 Å². The predicted octanol–water partition coefficient (Wildman–Crippen LogP) is 5.27. The van der Waals surface area contributed by atoms with Crippen LogP contribution < -0.4 is 0 Å². The highest BCUT2D eigenvalue weighted by Crippen LogP contribution is 2.63. The van der Waals surface area contributed by atoms with Crippen LogP contribution in [0.2, 0.25) is 0 Å². The van der Waals surface area contributed by atoms with E-state index in [0.29, 0.717) is 17.8 Å². The van der Waals surface area contributed by atoms with Crippen molar-refractivity contribution in [2.24, 2.45) is 22.7 Å². The van der Waals surface area contributed by atoms with E-state index in [2.05, 4.69) is 34.3 Å². The summed E-state index contributed by atoms with van der Waals surface area (Å²) in [4.78, 5) is 11.8. The van der Waals surface area contributed by atoms with Gasteiger partial charge in [-0.3, -0.25) is 4.79 Å². The maximum atomic E-state index is 11.8. The molecule has 0 aromatic heterocycles. The minimum atomic E-state index is -0.870. The zero-order chi connectivity index (χ0) is 19.1. The van der Waals surface area contributed by atoms with E-state index in [-0.39, 0.29) is 17.3 Å². The smallest absolute Gasteiger partial charge is 0.303 e. The summed E-state index contributed by atoms with van der Waals surface area (Å²) in [6.45, 7) is 16.4. The third-order valence-electron chi connectivity index (χ3n) is 7.49. The summed E-state index contributed by atoms with van der Waals surface area (Å²) < 4.78 is 5.93. The summed E-state index contributed by atoms with van der Waals surface area (Å²) in [5, 5.41) is 10.5. The number of rotatable bonds is 5. The first-order valence-electron chi connectivity index (χ1n) is 9.92. The molecule has 144 valence electrons. The van der Waals surface area contributed by atoms with Crippen molar-refractivity contribution >= 4 is 5.97 Å². The standard InChI is InChI=1S/C22H38O3/c1-8-20(5,24)14-10-18-21(6)13-9-12-19(3,4)17(21)11-15-22(18,7)25-16(2)23/h8,17-18,24H,1,9-15H2,2-7H3/t17-,18+,20?,21-,22+/m0/s1. The molecule has 0 aromatic carbocycles. The summed E-state index contributed by atoms with van der Waals surface area (Å²) in [7, 11) is 0. The van der Waals surface area contributed by atoms with Gasteiger partial charge in [-0.15, -0.1) is 6.58 Å². The van der Waals surface area contributed by atoms with Crippen molar-refractivity contribution in [2.75, 3.05) is 0 Å². The second-order valence-electron chi connectivity index (χ2n) is 10.00. The summed E-state index contributed by atoms with van der Waals surface area (Å²) in [6, 6.07) is 0. The highest BCUT2D eigenvalue weighted by atomic mass is 16.6. The third kappa shape index (κ3) is 3.97. The van der Waals surface area contributed by atoms with E-state index in [4.69, 9.17) is 4.74 Å². The van der Waals surface area contributed by atoms with Crippen LogP contribution in [0.5, 0.6) is 0 Å². The number of hydrogen-bond donors (Lipinski definition) is 1. The molecule has 2 rings (SSSR count). The molecule has 1 N–H and O–H groups in total. The van der Waals surface area contributed by atoms with Crippen LogP contribution in [0.3, 0.4) is 0 Å². The van der Waals surface area contributed by atoms with Crippen LogP contribution in [0.15, 0.2) is 12.7 Å². The van der Waals surface area contributed by atoms with Gasteiger partial charge < -0.3 is 9.84 Å². The van der Waals surface area contributed by atoms with Crippen LogP contribution in [0.25, 0.3) is 0 Å². The van der Waals surface area contributed by atoms with Crippen LogP contribution >= 0.6 is 0 Å². The average molecular weight is 351 g/mol. The molecule has 0 spiro atoms. The van der Waals surface area contributed by atoms with Crippen molar-refractivity contribution in [3.8, 4) is 0 Å². The molecule has 0 heterocycles. The quantitative estimate of drug-likeness (QED) is 0.543. The van der Waals surface area contributed by atoms with E-state index in [9.17, 15) is 9.90 Å². The molecule has 25 heavy (non-hydrogen) atoms.